The molecule has 3 rings (SSSR count). The largest absolute Gasteiger partial charge is 0.370 e. The van der Waals surface area contributed by atoms with Crippen LogP contribution in [0.5, 0.6) is 0 Å². The molecular weight excluding hydrogens is 244 g/mol. The van der Waals surface area contributed by atoms with Gasteiger partial charge in [0.2, 0.25) is 5.72 Å². The van der Waals surface area contributed by atoms with Gasteiger partial charge in [0.05, 0.1) is 18.9 Å². The van der Waals surface area contributed by atoms with E-state index in [2.05, 4.69) is 0 Å². The quantitative estimate of drug-likeness (QED) is 0.816. The van der Waals surface area contributed by atoms with Crippen LogP contribution in [0, 0.1) is 0 Å². The highest BCUT2D eigenvalue weighted by Crippen LogP contribution is 2.27. The summed E-state index contributed by atoms with van der Waals surface area (Å²) in [5.41, 5.74) is 0.320. The summed E-state index contributed by atoms with van der Waals surface area (Å²) in [7, 11) is 0. The Kier molecular flexibility index (Phi) is 3.26. The van der Waals surface area contributed by atoms with Gasteiger partial charge in [0.15, 0.2) is 0 Å². The molecule has 5 heteroatoms. The van der Waals surface area contributed by atoms with Crippen molar-refractivity contribution in [1.29, 1.82) is 0 Å². The number of ether oxygens (including phenoxy) is 1. The predicted octanol–water partition coefficient (Wildman–Crippen LogP) is -0.0138. The van der Waals surface area contributed by atoms with E-state index in [9.17, 15) is 4.79 Å². The SMILES string of the molecule is C[C@]1([NH+]2CCOCC2)CC(=O)N(c2ccccc2)O1. The lowest BCUT2D eigenvalue weighted by atomic mass is 10.1. The van der Waals surface area contributed by atoms with Gasteiger partial charge in [-0.3, -0.25) is 4.79 Å². The molecule has 0 aliphatic carbocycles. The van der Waals surface area contributed by atoms with Crippen molar-refractivity contribution in [1.82, 2.24) is 0 Å². The van der Waals surface area contributed by atoms with Crippen LogP contribution in [-0.4, -0.2) is 37.9 Å². The third kappa shape index (κ3) is 2.36. The number of benzene rings is 1. The fraction of sp³-hybridized carbons (Fsp3) is 0.500. The summed E-state index contributed by atoms with van der Waals surface area (Å²) in [6, 6.07) is 9.51. The molecule has 2 heterocycles. The molecule has 1 atom stereocenters. The first-order chi connectivity index (χ1) is 9.19. The van der Waals surface area contributed by atoms with E-state index in [1.807, 2.05) is 37.3 Å². The summed E-state index contributed by atoms with van der Waals surface area (Å²) in [5, 5.41) is 1.43. The smallest absolute Gasteiger partial charge is 0.260 e. The van der Waals surface area contributed by atoms with Crippen LogP contribution in [0.4, 0.5) is 5.69 Å². The second kappa shape index (κ2) is 4.92. The number of rotatable bonds is 2. The summed E-state index contributed by atoms with van der Waals surface area (Å²) < 4.78 is 5.37. The summed E-state index contributed by atoms with van der Waals surface area (Å²) in [4.78, 5) is 19.5. The number of amides is 1. The van der Waals surface area contributed by atoms with Gasteiger partial charge in [0.25, 0.3) is 5.91 Å². The number of nitrogens with one attached hydrogen (secondary N) is 1. The zero-order chi connectivity index (χ0) is 13.3. The molecule has 0 saturated carbocycles. The lowest BCUT2D eigenvalue weighted by Crippen LogP contribution is -3.21. The molecule has 1 N–H and O–H groups in total. The molecule has 0 unspecified atom stereocenters. The Labute approximate surface area is 112 Å². The molecule has 5 nitrogen and oxygen atoms in total. The van der Waals surface area contributed by atoms with Crippen molar-refractivity contribution >= 4 is 11.6 Å². The molecule has 2 aliphatic heterocycles. The van der Waals surface area contributed by atoms with Crippen LogP contribution in [-0.2, 0) is 14.4 Å². The molecule has 0 bridgehead atoms. The lowest BCUT2D eigenvalue weighted by Gasteiger charge is -2.35. The third-order valence-corrected chi connectivity index (χ3v) is 3.84. The highest BCUT2D eigenvalue weighted by molar-refractivity contribution is 5.93. The van der Waals surface area contributed by atoms with E-state index in [-0.39, 0.29) is 5.91 Å². The zero-order valence-corrected chi connectivity index (χ0v) is 11.1. The van der Waals surface area contributed by atoms with Gasteiger partial charge in [0.1, 0.15) is 19.5 Å². The van der Waals surface area contributed by atoms with Crippen LogP contribution >= 0.6 is 0 Å². The van der Waals surface area contributed by atoms with Crippen LogP contribution in [0.15, 0.2) is 30.3 Å². The monoisotopic (exact) mass is 263 g/mol. The van der Waals surface area contributed by atoms with Crippen molar-refractivity contribution in [3.8, 4) is 0 Å². The molecule has 102 valence electrons. The average molecular weight is 263 g/mol. The van der Waals surface area contributed by atoms with E-state index >= 15 is 0 Å². The normalized spacial score (nSPS) is 28.9. The maximum Gasteiger partial charge on any atom is 0.260 e. The minimum absolute atomic E-state index is 0.0210. The molecule has 1 aromatic rings. The second-order valence-electron chi connectivity index (χ2n) is 5.24. The fourth-order valence-corrected chi connectivity index (χ4v) is 2.74. The second-order valence-corrected chi connectivity index (χ2v) is 5.24. The number of nitrogens with zero attached hydrogens (tertiary/aromatic N) is 1. The number of hydroxylamine groups is 1. The van der Waals surface area contributed by atoms with Crippen LogP contribution in [0.3, 0.4) is 0 Å². The van der Waals surface area contributed by atoms with Crippen molar-refractivity contribution < 1.29 is 19.3 Å². The third-order valence-electron chi connectivity index (χ3n) is 3.84. The molecule has 2 fully saturated rings. The van der Waals surface area contributed by atoms with Crippen LogP contribution in [0.1, 0.15) is 13.3 Å². The van der Waals surface area contributed by atoms with Gasteiger partial charge in [-0.25, -0.2) is 4.84 Å². The lowest BCUT2D eigenvalue weighted by molar-refractivity contribution is -0.980. The molecule has 0 aromatic heterocycles. The highest BCUT2D eigenvalue weighted by atomic mass is 16.7. The first-order valence-corrected chi connectivity index (χ1v) is 6.69. The van der Waals surface area contributed by atoms with Crippen LogP contribution in [0.25, 0.3) is 0 Å². The first-order valence-electron chi connectivity index (χ1n) is 6.69. The molecule has 1 aromatic carbocycles. The summed E-state index contributed by atoms with van der Waals surface area (Å²) in [6.45, 7) is 5.23. The fourth-order valence-electron chi connectivity index (χ4n) is 2.74. The number of hydrogen-bond acceptors (Lipinski definition) is 3. The summed E-state index contributed by atoms with van der Waals surface area (Å²) in [6.07, 6.45) is 0.414. The van der Waals surface area contributed by atoms with Gasteiger partial charge in [0, 0.05) is 6.92 Å². The standard InChI is InChI=1S/C14H18N2O3/c1-14(15-7-9-18-10-8-15)11-13(17)16(19-14)12-5-3-2-4-6-12/h2-6H,7-11H2,1H3/p+1/t14-/m1/s1. The van der Waals surface area contributed by atoms with Gasteiger partial charge >= 0.3 is 0 Å². The van der Waals surface area contributed by atoms with Gasteiger partial charge < -0.3 is 9.64 Å². The van der Waals surface area contributed by atoms with Crippen molar-refractivity contribution in [3.63, 3.8) is 0 Å². The van der Waals surface area contributed by atoms with E-state index < -0.39 is 5.72 Å². The number of para-hydroxylation sites is 1. The van der Waals surface area contributed by atoms with Gasteiger partial charge in [-0.1, -0.05) is 18.2 Å². The topological polar surface area (TPSA) is 43.2 Å². The Morgan fingerprint density at radius 3 is 2.58 bits per heavy atom. The van der Waals surface area contributed by atoms with Crippen molar-refractivity contribution in [2.45, 2.75) is 19.1 Å². The Balaban J connectivity index is 1.79. The van der Waals surface area contributed by atoms with E-state index in [0.717, 1.165) is 32.0 Å². The Bertz CT molecular complexity index is 459. The first kappa shape index (κ1) is 12.6. The van der Waals surface area contributed by atoms with E-state index in [0.29, 0.717) is 6.42 Å². The number of carbonyl (C=O) groups is 1. The van der Waals surface area contributed by atoms with Crippen molar-refractivity contribution in [2.75, 3.05) is 31.4 Å². The van der Waals surface area contributed by atoms with Crippen LogP contribution < -0.4 is 9.96 Å². The summed E-state index contributed by atoms with van der Waals surface area (Å²) >= 11 is 0. The number of anilines is 1. The Morgan fingerprint density at radius 1 is 1.21 bits per heavy atom. The highest BCUT2D eigenvalue weighted by Gasteiger charge is 2.50. The Hall–Kier alpha value is -1.43. The predicted molar refractivity (Wildman–Crippen MR) is 69.6 cm³/mol. The van der Waals surface area contributed by atoms with E-state index in [4.69, 9.17) is 9.57 Å². The molecule has 19 heavy (non-hydrogen) atoms. The number of carbonyl (C=O) groups excluding carboxylic acids is 1. The zero-order valence-electron chi connectivity index (χ0n) is 11.1. The molecule has 0 spiro atoms. The Morgan fingerprint density at radius 2 is 1.89 bits per heavy atom. The summed E-state index contributed by atoms with van der Waals surface area (Å²) in [5.74, 6) is 0.0210. The van der Waals surface area contributed by atoms with Gasteiger partial charge in [-0.2, -0.15) is 5.06 Å². The van der Waals surface area contributed by atoms with E-state index in [1.54, 1.807) is 0 Å². The average Bonchev–Trinajstić information content (AvgIpc) is 2.77. The minimum Gasteiger partial charge on any atom is -0.370 e. The minimum atomic E-state index is -0.475. The maximum absolute atomic E-state index is 12.2. The number of quaternary nitrogens is 1. The van der Waals surface area contributed by atoms with E-state index in [1.165, 1.54) is 9.96 Å². The molecular formula is C14H19N2O3+. The molecule has 0 radical (unpaired) electrons. The van der Waals surface area contributed by atoms with Gasteiger partial charge in [-0.15, -0.1) is 0 Å². The van der Waals surface area contributed by atoms with Crippen LogP contribution in [0.2, 0.25) is 0 Å². The molecule has 1 amide bonds. The molecule has 2 saturated heterocycles. The maximum atomic E-state index is 12.2. The molecule has 2 aliphatic rings. The van der Waals surface area contributed by atoms with Crippen molar-refractivity contribution in [3.05, 3.63) is 30.3 Å². The van der Waals surface area contributed by atoms with Gasteiger partial charge in [-0.05, 0) is 12.1 Å². The number of hydrogen-bond donors (Lipinski definition) is 1. The van der Waals surface area contributed by atoms with Crippen molar-refractivity contribution in [2.24, 2.45) is 0 Å². The number of morpholine rings is 1.